The van der Waals surface area contributed by atoms with E-state index in [0.29, 0.717) is 0 Å². The van der Waals surface area contributed by atoms with E-state index in [9.17, 15) is 4.79 Å². The summed E-state index contributed by atoms with van der Waals surface area (Å²) < 4.78 is 0. The molecule has 17 heavy (non-hydrogen) atoms. The van der Waals surface area contributed by atoms with E-state index in [-0.39, 0.29) is 10.6 Å². The zero-order valence-electron chi connectivity index (χ0n) is 10.0. The van der Waals surface area contributed by atoms with Gasteiger partial charge in [-0.2, -0.15) is 0 Å². The Balaban J connectivity index is 2.45. The zero-order chi connectivity index (χ0) is 12.7. The standard InChI is InChI=1S/C13H18ClNO2/c1-2-3-4-5-8-15-10-6-7-11(13(16)17)12(14)9-10/h6-7,9,15H,2-5,8H2,1H3,(H,16,17). The largest absolute Gasteiger partial charge is 0.478 e. The van der Waals surface area contributed by atoms with Crippen LogP contribution in [0.25, 0.3) is 0 Å². The molecule has 0 saturated heterocycles. The van der Waals surface area contributed by atoms with Gasteiger partial charge in [-0.1, -0.05) is 37.8 Å². The van der Waals surface area contributed by atoms with Gasteiger partial charge in [0.15, 0.2) is 0 Å². The van der Waals surface area contributed by atoms with Crippen molar-refractivity contribution in [3.63, 3.8) is 0 Å². The Kier molecular flexibility index (Phi) is 5.84. The van der Waals surface area contributed by atoms with Gasteiger partial charge in [-0.15, -0.1) is 0 Å². The molecule has 0 aliphatic carbocycles. The van der Waals surface area contributed by atoms with Crippen LogP contribution in [0, 0.1) is 0 Å². The number of nitrogens with one attached hydrogen (secondary N) is 1. The summed E-state index contributed by atoms with van der Waals surface area (Å²) in [7, 11) is 0. The molecule has 0 aromatic heterocycles. The number of carbonyl (C=O) groups is 1. The lowest BCUT2D eigenvalue weighted by molar-refractivity contribution is 0.0697. The predicted octanol–water partition coefficient (Wildman–Crippen LogP) is 4.03. The van der Waals surface area contributed by atoms with Crippen LogP contribution in [0.15, 0.2) is 18.2 Å². The first kappa shape index (κ1) is 13.8. The van der Waals surface area contributed by atoms with Crippen LogP contribution in [0.2, 0.25) is 5.02 Å². The first-order valence-electron chi connectivity index (χ1n) is 5.92. The second-order valence-electron chi connectivity index (χ2n) is 3.99. The molecule has 0 bridgehead atoms. The van der Waals surface area contributed by atoms with Crippen molar-refractivity contribution in [1.29, 1.82) is 0 Å². The zero-order valence-corrected chi connectivity index (χ0v) is 10.8. The normalized spacial score (nSPS) is 10.2. The molecule has 0 spiro atoms. The molecule has 3 nitrogen and oxygen atoms in total. The molecule has 0 heterocycles. The number of rotatable bonds is 7. The molecule has 1 aromatic rings. The third kappa shape index (κ3) is 4.65. The van der Waals surface area contributed by atoms with Crippen LogP contribution in [0.1, 0.15) is 43.0 Å². The molecule has 2 N–H and O–H groups in total. The predicted molar refractivity (Wildman–Crippen MR) is 71.0 cm³/mol. The minimum Gasteiger partial charge on any atom is -0.478 e. The van der Waals surface area contributed by atoms with Crippen molar-refractivity contribution in [3.8, 4) is 0 Å². The Bertz CT molecular complexity index is 380. The molecule has 0 amide bonds. The second kappa shape index (κ2) is 7.17. The minimum absolute atomic E-state index is 0.142. The van der Waals surface area contributed by atoms with Crippen molar-refractivity contribution < 1.29 is 9.90 Å². The van der Waals surface area contributed by atoms with E-state index in [0.717, 1.165) is 18.7 Å². The molecule has 0 saturated carbocycles. The highest BCUT2D eigenvalue weighted by molar-refractivity contribution is 6.33. The highest BCUT2D eigenvalue weighted by atomic mass is 35.5. The monoisotopic (exact) mass is 255 g/mol. The van der Waals surface area contributed by atoms with Crippen LogP contribution >= 0.6 is 11.6 Å². The van der Waals surface area contributed by atoms with Gasteiger partial charge in [-0.25, -0.2) is 4.79 Å². The maximum absolute atomic E-state index is 10.8. The molecule has 94 valence electrons. The van der Waals surface area contributed by atoms with Crippen molar-refractivity contribution >= 4 is 23.3 Å². The highest BCUT2D eigenvalue weighted by Crippen LogP contribution is 2.21. The fourth-order valence-corrected chi connectivity index (χ4v) is 1.84. The summed E-state index contributed by atoms with van der Waals surface area (Å²) in [4.78, 5) is 10.8. The maximum Gasteiger partial charge on any atom is 0.337 e. The number of carboxylic acids is 1. The summed E-state index contributed by atoms with van der Waals surface area (Å²) in [5.74, 6) is -0.996. The van der Waals surface area contributed by atoms with Crippen LogP contribution < -0.4 is 5.32 Å². The van der Waals surface area contributed by atoms with E-state index < -0.39 is 5.97 Å². The number of halogens is 1. The molecule has 0 aliphatic heterocycles. The number of benzene rings is 1. The van der Waals surface area contributed by atoms with E-state index in [1.165, 1.54) is 25.3 Å². The van der Waals surface area contributed by atoms with E-state index in [4.69, 9.17) is 16.7 Å². The Morgan fingerprint density at radius 1 is 1.35 bits per heavy atom. The Hall–Kier alpha value is -1.22. The minimum atomic E-state index is -0.996. The number of anilines is 1. The van der Waals surface area contributed by atoms with E-state index in [1.54, 1.807) is 12.1 Å². The number of unbranched alkanes of at least 4 members (excludes halogenated alkanes) is 3. The van der Waals surface area contributed by atoms with Gasteiger partial charge >= 0.3 is 5.97 Å². The molecule has 0 fully saturated rings. The lowest BCUT2D eigenvalue weighted by Crippen LogP contribution is -2.03. The molecule has 0 aliphatic rings. The van der Waals surface area contributed by atoms with Gasteiger partial charge in [-0.05, 0) is 24.6 Å². The topological polar surface area (TPSA) is 49.3 Å². The molecule has 4 heteroatoms. The molecule has 0 radical (unpaired) electrons. The Labute approximate surface area is 107 Å². The van der Waals surface area contributed by atoms with Crippen LogP contribution in [-0.4, -0.2) is 17.6 Å². The lowest BCUT2D eigenvalue weighted by Gasteiger charge is -2.07. The quantitative estimate of drug-likeness (QED) is 0.723. The summed E-state index contributed by atoms with van der Waals surface area (Å²) in [5.41, 5.74) is 1.01. The van der Waals surface area contributed by atoms with Gasteiger partial charge in [0, 0.05) is 12.2 Å². The molecule has 1 aromatic carbocycles. The third-order valence-electron chi connectivity index (χ3n) is 2.56. The maximum atomic E-state index is 10.8. The second-order valence-corrected chi connectivity index (χ2v) is 4.39. The summed E-state index contributed by atoms with van der Waals surface area (Å²) in [6.45, 7) is 3.07. The Morgan fingerprint density at radius 3 is 2.71 bits per heavy atom. The fraction of sp³-hybridized carbons (Fsp3) is 0.462. The van der Waals surface area contributed by atoms with Crippen molar-refractivity contribution in [2.75, 3.05) is 11.9 Å². The molecule has 0 atom stereocenters. The SMILES string of the molecule is CCCCCCNc1ccc(C(=O)O)c(Cl)c1. The van der Waals surface area contributed by atoms with Crippen molar-refractivity contribution in [2.24, 2.45) is 0 Å². The van der Waals surface area contributed by atoms with Gasteiger partial charge < -0.3 is 10.4 Å². The van der Waals surface area contributed by atoms with Crippen molar-refractivity contribution in [2.45, 2.75) is 32.6 Å². The van der Waals surface area contributed by atoms with Gasteiger partial charge in [0.1, 0.15) is 0 Å². The number of carboxylic acid groups (broad SMARTS) is 1. The van der Waals surface area contributed by atoms with Gasteiger partial charge in [0.05, 0.1) is 10.6 Å². The smallest absolute Gasteiger partial charge is 0.337 e. The molecular weight excluding hydrogens is 238 g/mol. The third-order valence-corrected chi connectivity index (χ3v) is 2.87. The lowest BCUT2D eigenvalue weighted by atomic mass is 10.2. The number of hydrogen-bond acceptors (Lipinski definition) is 2. The summed E-state index contributed by atoms with van der Waals surface area (Å²) in [6.07, 6.45) is 4.80. The number of hydrogen-bond donors (Lipinski definition) is 2. The highest BCUT2D eigenvalue weighted by Gasteiger charge is 2.08. The van der Waals surface area contributed by atoms with Gasteiger partial charge in [0.2, 0.25) is 0 Å². The van der Waals surface area contributed by atoms with E-state index in [1.807, 2.05) is 0 Å². The molecule has 0 unspecified atom stereocenters. The first-order valence-corrected chi connectivity index (χ1v) is 6.29. The average Bonchev–Trinajstić information content (AvgIpc) is 2.28. The first-order chi connectivity index (χ1) is 8.15. The van der Waals surface area contributed by atoms with Crippen LogP contribution in [0.3, 0.4) is 0 Å². The average molecular weight is 256 g/mol. The summed E-state index contributed by atoms with van der Waals surface area (Å²) in [6, 6.07) is 4.93. The van der Waals surface area contributed by atoms with Crippen LogP contribution in [-0.2, 0) is 0 Å². The van der Waals surface area contributed by atoms with Gasteiger partial charge in [0.25, 0.3) is 0 Å². The Morgan fingerprint density at radius 2 is 2.12 bits per heavy atom. The van der Waals surface area contributed by atoms with Crippen molar-refractivity contribution in [1.82, 2.24) is 0 Å². The van der Waals surface area contributed by atoms with Crippen LogP contribution in [0.4, 0.5) is 5.69 Å². The molecule has 1 rings (SSSR count). The van der Waals surface area contributed by atoms with E-state index in [2.05, 4.69) is 12.2 Å². The van der Waals surface area contributed by atoms with E-state index >= 15 is 0 Å². The fourth-order valence-electron chi connectivity index (χ4n) is 1.58. The summed E-state index contributed by atoms with van der Waals surface area (Å²) in [5, 5.41) is 12.3. The molecular formula is C13H18ClNO2. The van der Waals surface area contributed by atoms with Crippen LogP contribution in [0.5, 0.6) is 0 Å². The summed E-state index contributed by atoms with van der Waals surface area (Å²) >= 11 is 5.87. The number of aromatic carboxylic acids is 1. The van der Waals surface area contributed by atoms with Gasteiger partial charge in [-0.3, -0.25) is 0 Å². The van der Waals surface area contributed by atoms with Crippen molar-refractivity contribution in [3.05, 3.63) is 28.8 Å².